The van der Waals surface area contributed by atoms with E-state index in [-0.39, 0.29) is 16.7 Å². The summed E-state index contributed by atoms with van der Waals surface area (Å²) in [6.45, 7) is 8.11. The van der Waals surface area contributed by atoms with Gasteiger partial charge in [0, 0.05) is 18.8 Å². The SMILES string of the molecule is CCN(CC)S(=O)(=O)c1ccc(NC(=O)C(C)c2ccccc2)c(C)c1. The third kappa shape index (κ3) is 4.31. The fourth-order valence-corrected chi connectivity index (χ4v) is 4.33. The summed E-state index contributed by atoms with van der Waals surface area (Å²) in [5, 5.41) is 2.90. The molecule has 0 aliphatic carbocycles. The Balaban J connectivity index is 2.21. The lowest BCUT2D eigenvalue weighted by Crippen LogP contribution is -2.30. The second-order valence-electron chi connectivity index (χ2n) is 6.19. The van der Waals surface area contributed by atoms with Crippen LogP contribution in [-0.2, 0) is 14.8 Å². The predicted octanol–water partition coefficient (Wildman–Crippen LogP) is 3.77. The number of benzene rings is 2. The molecule has 2 aromatic carbocycles. The lowest BCUT2D eigenvalue weighted by molar-refractivity contribution is -0.117. The molecule has 26 heavy (non-hydrogen) atoms. The van der Waals surface area contributed by atoms with Crippen LogP contribution in [0.3, 0.4) is 0 Å². The highest BCUT2D eigenvalue weighted by Gasteiger charge is 2.22. The van der Waals surface area contributed by atoms with Gasteiger partial charge in [0.05, 0.1) is 10.8 Å². The molecule has 1 N–H and O–H groups in total. The smallest absolute Gasteiger partial charge is 0.243 e. The van der Waals surface area contributed by atoms with Crippen LogP contribution in [0.25, 0.3) is 0 Å². The molecule has 140 valence electrons. The Labute approximate surface area is 156 Å². The molecular weight excluding hydrogens is 348 g/mol. The van der Waals surface area contributed by atoms with Crippen LogP contribution in [0.15, 0.2) is 53.4 Å². The molecule has 0 heterocycles. The van der Waals surface area contributed by atoms with Gasteiger partial charge in [0.15, 0.2) is 0 Å². The molecule has 0 aliphatic heterocycles. The molecule has 1 amide bonds. The average Bonchev–Trinajstić information content (AvgIpc) is 2.64. The summed E-state index contributed by atoms with van der Waals surface area (Å²) in [4.78, 5) is 12.8. The number of carbonyl (C=O) groups is 1. The lowest BCUT2D eigenvalue weighted by atomic mass is 10.0. The maximum absolute atomic E-state index is 12.6. The number of nitrogens with zero attached hydrogens (tertiary/aromatic N) is 1. The van der Waals surface area contributed by atoms with E-state index in [4.69, 9.17) is 0 Å². The molecule has 2 rings (SSSR count). The normalized spacial score (nSPS) is 12.8. The fraction of sp³-hybridized carbons (Fsp3) is 0.350. The predicted molar refractivity (Wildman–Crippen MR) is 105 cm³/mol. The zero-order valence-electron chi connectivity index (χ0n) is 15.7. The maximum atomic E-state index is 12.6. The van der Waals surface area contributed by atoms with Gasteiger partial charge in [0.1, 0.15) is 0 Å². The van der Waals surface area contributed by atoms with Crippen molar-refractivity contribution >= 4 is 21.6 Å². The van der Waals surface area contributed by atoms with Crippen molar-refractivity contribution in [2.45, 2.75) is 38.5 Å². The molecule has 0 saturated carbocycles. The zero-order chi connectivity index (χ0) is 19.3. The third-order valence-electron chi connectivity index (χ3n) is 4.49. The van der Waals surface area contributed by atoms with Gasteiger partial charge in [-0.3, -0.25) is 4.79 Å². The van der Waals surface area contributed by atoms with Crippen LogP contribution in [0, 0.1) is 6.92 Å². The first-order chi connectivity index (χ1) is 12.3. The molecule has 0 saturated heterocycles. The highest BCUT2D eigenvalue weighted by Crippen LogP contribution is 2.24. The van der Waals surface area contributed by atoms with Gasteiger partial charge in [-0.1, -0.05) is 44.2 Å². The Morgan fingerprint density at radius 1 is 1.08 bits per heavy atom. The Hall–Kier alpha value is -2.18. The number of anilines is 1. The van der Waals surface area contributed by atoms with Gasteiger partial charge in [-0.2, -0.15) is 4.31 Å². The molecule has 0 fully saturated rings. The summed E-state index contributed by atoms with van der Waals surface area (Å²) in [7, 11) is -3.51. The Morgan fingerprint density at radius 3 is 2.23 bits per heavy atom. The number of sulfonamides is 1. The van der Waals surface area contributed by atoms with Crippen molar-refractivity contribution in [3.8, 4) is 0 Å². The first kappa shape index (κ1) is 20.1. The average molecular weight is 375 g/mol. The molecule has 0 bridgehead atoms. The van der Waals surface area contributed by atoms with Crippen LogP contribution in [0.5, 0.6) is 0 Å². The topological polar surface area (TPSA) is 66.5 Å². The van der Waals surface area contributed by atoms with Crippen molar-refractivity contribution in [2.75, 3.05) is 18.4 Å². The van der Waals surface area contributed by atoms with Crippen LogP contribution in [0.2, 0.25) is 0 Å². The summed E-state index contributed by atoms with van der Waals surface area (Å²) in [5.41, 5.74) is 2.27. The van der Waals surface area contributed by atoms with Gasteiger partial charge in [-0.15, -0.1) is 0 Å². The second-order valence-corrected chi connectivity index (χ2v) is 8.13. The van der Waals surface area contributed by atoms with E-state index in [0.717, 1.165) is 5.56 Å². The number of rotatable bonds is 7. The highest BCUT2D eigenvalue weighted by atomic mass is 32.2. The number of hydrogen-bond acceptors (Lipinski definition) is 3. The number of hydrogen-bond donors (Lipinski definition) is 1. The third-order valence-corrected chi connectivity index (χ3v) is 6.54. The van der Waals surface area contributed by atoms with Crippen molar-refractivity contribution in [1.29, 1.82) is 0 Å². The highest BCUT2D eigenvalue weighted by molar-refractivity contribution is 7.89. The van der Waals surface area contributed by atoms with E-state index < -0.39 is 10.0 Å². The summed E-state index contributed by atoms with van der Waals surface area (Å²) < 4.78 is 26.6. The molecule has 0 spiro atoms. The first-order valence-electron chi connectivity index (χ1n) is 8.77. The molecule has 6 heteroatoms. The van der Waals surface area contributed by atoms with E-state index in [9.17, 15) is 13.2 Å². The lowest BCUT2D eigenvalue weighted by Gasteiger charge is -2.19. The van der Waals surface area contributed by atoms with Crippen molar-refractivity contribution in [1.82, 2.24) is 4.31 Å². The zero-order valence-corrected chi connectivity index (χ0v) is 16.5. The minimum atomic E-state index is -3.51. The van der Waals surface area contributed by atoms with Crippen LogP contribution < -0.4 is 5.32 Å². The van der Waals surface area contributed by atoms with E-state index in [2.05, 4.69) is 5.32 Å². The standard InChI is InChI=1S/C20H26N2O3S/c1-5-22(6-2)26(24,25)18-12-13-19(15(3)14-18)21-20(23)16(4)17-10-8-7-9-11-17/h7-14,16H,5-6H2,1-4H3,(H,21,23). The van der Waals surface area contributed by atoms with E-state index in [0.29, 0.717) is 24.3 Å². The Kier molecular flexibility index (Phi) is 6.56. The van der Waals surface area contributed by atoms with Gasteiger partial charge >= 0.3 is 0 Å². The number of carbonyl (C=O) groups excluding carboxylic acids is 1. The van der Waals surface area contributed by atoms with Crippen molar-refractivity contribution in [2.24, 2.45) is 0 Å². The molecule has 0 aromatic heterocycles. The van der Waals surface area contributed by atoms with Crippen LogP contribution in [0.1, 0.15) is 37.8 Å². The van der Waals surface area contributed by atoms with Gasteiger partial charge in [0.2, 0.25) is 15.9 Å². The van der Waals surface area contributed by atoms with E-state index in [1.807, 2.05) is 51.1 Å². The van der Waals surface area contributed by atoms with Gasteiger partial charge < -0.3 is 5.32 Å². The Morgan fingerprint density at radius 2 is 1.69 bits per heavy atom. The fourth-order valence-electron chi connectivity index (χ4n) is 2.78. The van der Waals surface area contributed by atoms with E-state index >= 15 is 0 Å². The number of nitrogens with one attached hydrogen (secondary N) is 1. The molecular formula is C20H26N2O3S. The first-order valence-corrected chi connectivity index (χ1v) is 10.2. The summed E-state index contributed by atoms with van der Waals surface area (Å²) in [6, 6.07) is 14.3. The van der Waals surface area contributed by atoms with E-state index in [1.165, 1.54) is 4.31 Å². The van der Waals surface area contributed by atoms with Gasteiger partial charge in [-0.25, -0.2) is 8.42 Å². The number of amides is 1. The Bertz CT molecular complexity index is 860. The van der Waals surface area contributed by atoms with Crippen LogP contribution >= 0.6 is 0 Å². The minimum Gasteiger partial charge on any atom is -0.325 e. The van der Waals surface area contributed by atoms with Crippen molar-refractivity contribution < 1.29 is 13.2 Å². The molecule has 0 radical (unpaired) electrons. The van der Waals surface area contributed by atoms with Gasteiger partial charge in [-0.05, 0) is 43.2 Å². The van der Waals surface area contributed by atoms with Crippen LogP contribution in [-0.4, -0.2) is 31.7 Å². The molecule has 1 atom stereocenters. The van der Waals surface area contributed by atoms with Crippen LogP contribution in [0.4, 0.5) is 5.69 Å². The summed E-state index contributed by atoms with van der Waals surface area (Å²) in [6.07, 6.45) is 0. The van der Waals surface area contributed by atoms with Gasteiger partial charge in [0.25, 0.3) is 0 Å². The molecule has 5 nitrogen and oxygen atoms in total. The molecule has 1 unspecified atom stereocenters. The van der Waals surface area contributed by atoms with Crippen molar-refractivity contribution in [3.05, 3.63) is 59.7 Å². The quantitative estimate of drug-likeness (QED) is 0.802. The number of aryl methyl sites for hydroxylation is 1. The second kappa shape index (κ2) is 8.47. The maximum Gasteiger partial charge on any atom is 0.243 e. The summed E-state index contributed by atoms with van der Waals surface area (Å²) in [5.74, 6) is -0.423. The minimum absolute atomic E-state index is 0.126. The molecule has 2 aromatic rings. The van der Waals surface area contributed by atoms with Crippen molar-refractivity contribution in [3.63, 3.8) is 0 Å². The monoisotopic (exact) mass is 374 g/mol. The largest absolute Gasteiger partial charge is 0.325 e. The summed E-state index contributed by atoms with van der Waals surface area (Å²) >= 11 is 0. The molecule has 0 aliphatic rings. The van der Waals surface area contributed by atoms with E-state index in [1.54, 1.807) is 25.1 Å².